The first-order valence-electron chi connectivity index (χ1n) is 9.48. The van der Waals surface area contributed by atoms with E-state index in [4.69, 9.17) is 5.73 Å². The van der Waals surface area contributed by atoms with Gasteiger partial charge in [0.2, 0.25) is 11.8 Å². The van der Waals surface area contributed by atoms with Crippen molar-refractivity contribution in [2.45, 2.75) is 32.2 Å². The predicted molar refractivity (Wildman–Crippen MR) is 106 cm³/mol. The van der Waals surface area contributed by atoms with E-state index in [1.165, 1.54) is 5.56 Å². The van der Waals surface area contributed by atoms with Crippen LogP contribution in [0.25, 0.3) is 0 Å². The number of carbonyl (C=O) groups excluding carboxylic acids is 2. The molecule has 26 heavy (non-hydrogen) atoms. The van der Waals surface area contributed by atoms with Gasteiger partial charge in [-0.25, -0.2) is 0 Å². The molecule has 2 fully saturated rings. The lowest BCUT2D eigenvalue weighted by Gasteiger charge is -2.29. The van der Waals surface area contributed by atoms with Gasteiger partial charge < -0.3 is 15.5 Å². The summed E-state index contributed by atoms with van der Waals surface area (Å²) < 4.78 is 0. The maximum atomic E-state index is 13.2. The van der Waals surface area contributed by atoms with Gasteiger partial charge in [0, 0.05) is 30.7 Å². The fourth-order valence-electron chi connectivity index (χ4n) is 3.90. The topological polar surface area (TPSA) is 66.6 Å². The molecule has 2 heterocycles. The third-order valence-corrected chi connectivity index (χ3v) is 6.78. The van der Waals surface area contributed by atoms with Crippen LogP contribution in [0.5, 0.6) is 0 Å². The summed E-state index contributed by atoms with van der Waals surface area (Å²) >= 11 is 1.67. The van der Waals surface area contributed by atoms with Crippen LogP contribution in [0.4, 0.5) is 0 Å². The molecule has 2 amide bonds. The molecule has 0 aromatic heterocycles. The van der Waals surface area contributed by atoms with Crippen molar-refractivity contribution in [2.24, 2.45) is 17.6 Å². The molecule has 6 heteroatoms. The number of likely N-dealkylation sites (tertiary alicyclic amines) is 1. The van der Waals surface area contributed by atoms with E-state index < -0.39 is 0 Å². The summed E-state index contributed by atoms with van der Waals surface area (Å²) in [6.45, 7) is 5.90. The maximum absolute atomic E-state index is 13.2. The summed E-state index contributed by atoms with van der Waals surface area (Å²) in [5.74, 6) is 2.02. The third-order valence-electron chi connectivity index (χ3n) is 5.77. The Hall–Kier alpha value is -1.53. The molecule has 0 spiro atoms. The normalized spacial score (nSPS) is 27.0. The van der Waals surface area contributed by atoms with Crippen molar-refractivity contribution < 1.29 is 9.59 Å². The van der Waals surface area contributed by atoms with Gasteiger partial charge >= 0.3 is 0 Å². The molecule has 2 aliphatic heterocycles. The zero-order valence-corrected chi connectivity index (χ0v) is 16.5. The zero-order chi connectivity index (χ0) is 18.7. The summed E-state index contributed by atoms with van der Waals surface area (Å²) in [6, 6.07) is 9.99. The summed E-state index contributed by atoms with van der Waals surface area (Å²) in [4.78, 5) is 29.5. The number of nitrogens with two attached hydrogens (primary N) is 1. The Morgan fingerprint density at radius 3 is 2.65 bits per heavy atom. The molecule has 0 bridgehead atoms. The monoisotopic (exact) mass is 375 g/mol. The van der Waals surface area contributed by atoms with E-state index in [1.807, 2.05) is 36.9 Å². The van der Waals surface area contributed by atoms with Gasteiger partial charge in [0.1, 0.15) is 6.04 Å². The second kappa shape index (κ2) is 8.44. The molecular formula is C20H29N3O2S. The smallest absolute Gasteiger partial charge is 0.246 e. The van der Waals surface area contributed by atoms with Crippen LogP contribution in [0, 0.1) is 11.8 Å². The largest absolute Gasteiger partial charge is 0.340 e. The van der Waals surface area contributed by atoms with Crippen molar-refractivity contribution in [3.63, 3.8) is 0 Å². The lowest BCUT2D eigenvalue weighted by atomic mass is 9.89. The highest BCUT2D eigenvalue weighted by molar-refractivity contribution is 7.99. The summed E-state index contributed by atoms with van der Waals surface area (Å²) in [5, 5.41) is 0. The number of hydrogen-bond acceptors (Lipinski definition) is 4. The van der Waals surface area contributed by atoms with Crippen LogP contribution < -0.4 is 5.73 Å². The van der Waals surface area contributed by atoms with Gasteiger partial charge in [-0.3, -0.25) is 9.59 Å². The van der Waals surface area contributed by atoms with Gasteiger partial charge in [0.05, 0.1) is 5.88 Å². The molecule has 4 atom stereocenters. The molecule has 2 aliphatic rings. The summed E-state index contributed by atoms with van der Waals surface area (Å²) in [6.07, 6.45) is 0.802. The minimum atomic E-state index is -0.325. The first-order valence-corrected chi connectivity index (χ1v) is 10.6. The summed E-state index contributed by atoms with van der Waals surface area (Å²) in [7, 11) is 0. The van der Waals surface area contributed by atoms with Gasteiger partial charge in [0.15, 0.2) is 0 Å². The molecule has 1 aromatic rings. The predicted octanol–water partition coefficient (Wildman–Crippen LogP) is 2.13. The van der Waals surface area contributed by atoms with E-state index in [1.54, 1.807) is 16.7 Å². The Morgan fingerprint density at radius 2 is 2.00 bits per heavy atom. The van der Waals surface area contributed by atoms with Crippen molar-refractivity contribution >= 4 is 23.6 Å². The minimum absolute atomic E-state index is 0.0311. The molecule has 0 saturated carbocycles. The lowest BCUT2D eigenvalue weighted by molar-refractivity contribution is -0.144. The number of benzene rings is 1. The van der Waals surface area contributed by atoms with Crippen LogP contribution in [0.1, 0.15) is 31.7 Å². The van der Waals surface area contributed by atoms with Gasteiger partial charge in [-0.05, 0) is 24.4 Å². The molecule has 3 rings (SSSR count). The van der Waals surface area contributed by atoms with Crippen LogP contribution >= 0.6 is 11.8 Å². The number of carbonyl (C=O) groups is 2. The molecular weight excluding hydrogens is 346 g/mol. The third kappa shape index (κ3) is 3.76. The van der Waals surface area contributed by atoms with Gasteiger partial charge in [0.25, 0.3) is 0 Å². The van der Waals surface area contributed by atoms with Crippen molar-refractivity contribution in [1.29, 1.82) is 0 Å². The van der Waals surface area contributed by atoms with E-state index in [0.717, 1.165) is 6.42 Å². The molecule has 5 nitrogen and oxygen atoms in total. The van der Waals surface area contributed by atoms with Crippen molar-refractivity contribution in [1.82, 2.24) is 9.80 Å². The van der Waals surface area contributed by atoms with E-state index in [2.05, 4.69) is 12.1 Å². The van der Waals surface area contributed by atoms with Gasteiger partial charge in [-0.1, -0.05) is 44.2 Å². The highest BCUT2D eigenvalue weighted by Gasteiger charge is 2.42. The summed E-state index contributed by atoms with van der Waals surface area (Å²) in [5.41, 5.74) is 7.25. The highest BCUT2D eigenvalue weighted by atomic mass is 32.2. The quantitative estimate of drug-likeness (QED) is 0.856. The van der Waals surface area contributed by atoms with Gasteiger partial charge in [-0.15, -0.1) is 11.8 Å². The molecule has 0 radical (unpaired) electrons. The first kappa shape index (κ1) is 19.2. The number of amides is 2. The number of hydrogen-bond donors (Lipinski definition) is 1. The Balaban J connectivity index is 1.72. The van der Waals surface area contributed by atoms with Crippen molar-refractivity contribution in [2.75, 3.05) is 31.3 Å². The number of thioether (sulfide) groups is 1. The van der Waals surface area contributed by atoms with E-state index in [9.17, 15) is 9.59 Å². The minimum Gasteiger partial charge on any atom is -0.340 e. The first-order chi connectivity index (χ1) is 12.6. The standard InChI is InChI=1S/C20H29N3O2S/c1-3-14(2)19(24)23-13-26-12-18(23)20(25)22-10-16(9-21)17(11-22)15-7-5-4-6-8-15/h4-8,14,16-18H,3,9-13,21H2,1-2H3/t14?,16-,17+,18?/m1/s1. The van der Waals surface area contributed by atoms with Crippen LogP contribution in [0.2, 0.25) is 0 Å². The number of rotatable bonds is 5. The van der Waals surface area contributed by atoms with E-state index in [-0.39, 0.29) is 35.6 Å². The van der Waals surface area contributed by atoms with E-state index in [0.29, 0.717) is 31.3 Å². The van der Waals surface area contributed by atoms with Gasteiger partial charge in [-0.2, -0.15) is 0 Å². The van der Waals surface area contributed by atoms with Crippen LogP contribution in [-0.4, -0.2) is 58.9 Å². The van der Waals surface area contributed by atoms with Crippen LogP contribution in [0.15, 0.2) is 30.3 Å². The fraction of sp³-hybridized carbons (Fsp3) is 0.600. The second-order valence-corrected chi connectivity index (χ2v) is 8.39. The fourth-order valence-corrected chi connectivity index (χ4v) is 5.06. The SMILES string of the molecule is CCC(C)C(=O)N1CSCC1C(=O)N1C[C@@H](CN)[C@H](c2ccccc2)C1. The Kier molecular flexibility index (Phi) is 6.24. The molecule has 142 valence electrons. The molecule has 0 aliphatic carbocycles. The Bertz CT molecular complexity index is 639. The number of nitrogens with zero attached hydrogens (tertiary/aromatic N) is 2. The zero-order valence-electron chi connectivity index (χ0n) is 15.6. The molecule has 2 N–H and O–H groups in total. The highest BCUT2D eigenvalue weighted by Crippen LogP contribution is 2.34. The Labute approximate surface area is 160 Å². The average Bonchev–Trinajstić information content (AvgIpc) is 3.34. The van der Waals surface area contributed by atoms with Crippen LogP contribution in [-0.2, 0) is 9.59 Å². The molecule has 2 saturated heterocycles. The maximum Gasteiger partial charge on any atom is 0.246 e. The van der Waals surface area contributed by atoms with Crippen molar-refractivity contribution in [3.8, 4) is 0 Å². The van der Waals surface area contributed by atoms with E-state index >= 15 is 0 Å². The molecule has 2 unspecified atom stereocenters. The van der Waals surface area contributed by atoms with Crippen LogP contribution in [0.3, 0.4) is 0 Å². The second-order valence-electron chi connectivity index (χ2n) is 7.39. The average molecular weight is 376 g/mol. The lowest BCUT2D eigenvalue weighted by Crippen LogP contribution is -2.49. The Morgan fingerprint density at radius 1 is 1.27 bits per heavy atom. The molecule has 1 aromatic carbocycles. The van der Waals surface area contributed by atoms with Crippen molar-refractivity contribution in [3.05, 3.63) is 35.9 Å².